The summed E-state index contributed by atoms with van der Waals surface area (Å²) in [5.74, 6) is 0. The minimum absolute atomic E-state index is 0.157. The number of nitrogens with two attached hydrogens (primary N) is 1. The zero-order chi connectivity index (χ0) is 12.8. The first kappa shape index (κ1) is 10.8. The summed E-state index contributed by atoms with van der Waals surface area (Å²) >= 11 is 0. The van der Waals surface area contributed by atoms with Gasteiger partial charge in [-0.2, -0.15) is 0 Å². The smallest absolute Gasteiger partial charge is 0.136 e. The fraction of sp³-hybridized carbons (Fsp3) is 0.125. The Labute approximate surface area is 111 Å². The predicted octanol–water partition coefficient (Wildman–Crippen LogP) is 0.289. The quantitative estimate of drug-likeness (QED) is 0.705. The highest BCUT2D eigenvalue weighted by atomic mass is 15.4. The van der Waals surface area contributed by atoms with Crippen molar-refractivity contribution in [1.82, 2.24) is 5.32 Å². The molecule has 1 atom stereocenters. The summed E-state index contributed by atoms with van der Waals surface area (Å²) in [6.07, 6.45) is 2.08. The molecule has 2 heterocycles. The highest BCUT2D eigenvalue weighted by Crippen LogP contribution is 2.28. The maximum absolute atomic E-state index is 6.21. The molecule has 0 saturated carbocycles. The molecule has 1 saturated heterocycles. The third-order valence-corrected chi connectivity index (χ3v) is 3.83. The summed E-state index contributed by atoms with van der Waals surface area (Å²) in [5.41, 5.74) is 9.85. The minimum Gasteiger partial charge on any atom is -0.314 e. The van der Waals surface area contributed by atoms with Crippen LogP contribution in [0.25, 0.3) is 11.8 Å². The third-order valence-electron chi connectivity index (χ3n) is 3.83. The van der Waals surface area contributed by atoms with Crippen molar-refractivity contribution in [3.63, 3.8) is 0 Å². The summed E-state index contributed by atoms with van der Waals surface area (Å²) in [6, 6.07) is 16.9. The molecule has 2 aliphatic rings. The largest absolute Gasteiger partial charge is 0.314 e. The second kappa shape index (κ2) is 3.95. The van der Waals surface area contributed by atoms with Crippen LogP contribution in [0.2, 0.25) is 0 Å². The van der Waals surface area contributed by atoms with E-state index in [-0.39, 0.29) is 6.29 Å². The van der Waals surface area contributed by atoms with Crippen LogP contribution in [-0.4, -0.2) is 12.8 Å². The van der Waals surface area contributed by atoms with E-state index >= 15 is 0 Å². The van der Waals surface area contributed by atoms with Crippen LogP contribution in [0.1, 0.15) is 5.56 Å². The normalized spacial score (nSPS) is 20.2. The van der Waals surface area contributed by atoms with E-state index in [0.29, 0.717) is 0 Å². The lowest BCUT2D eigenvalue weighted by Gasteiger charge is -2.25. The highest BCUT2D eigenvalue weighted by Gasteiger charge is 2.28. The lowest BCUT2D eigenvalue weighted by molar-refractivity contribution is 0.634. The van der Waals surface area contributed by atoms with Gasteiger partial charge >= 0.3 is 0 Å². The van der Waals surface area contributed by atoms with Gasteiger partial charge in [-0.1, -0.05) is 42.5 Å². The van der Waals surface area contributed by atoms with Crippen LogP contribution in [0.3, 0.4) is 0 Å². The van der Waals surface area contributed by atoms with Gasteiger partial charge in [-0.15, -0.1) is 0 Å². The van der Waals surface area contributed by atoms with Gasteiger partial charge < -0.3 is 4.90 Å². The lowest BCUT2D eigenvalue weighted by Crippen LogP contribution is -2.44. The second-order valence-electron chi connectivity index (χ2n) is 4.93. The monoisotopic (exact) mass is 249 g/mol. The molecular formula is C16H15N3. The molecule has 2 aromatic rings. The summed E-state index contributed by atoms with van der Waals surface area (Å²) in [7, 11) is 0. The minimum atomic E-state index is -0.157. The molecule has 0 radical (unpaired) electrons. The Hall–Kier alpha value is -2.10. The number of anilines is 1. The van der Waals surface area contributed by atoms with Gasteiger partial charge in [0.15, 0.2) is 0 Å². The number of benzene rings is 2. The van der Waals surface area contributed by atoms with E-state index in [4.69, 9.17) is 5.73 Å². The van der Waals surface area contributed by atoms with E-state index in [1.165, 1.54) is 27.4 Å². The third kappa shape index (κ3) is 1.52. The second-order valence-corrected chi connectivity index (χ2v) is 4.93. The van der Waals surface area contributed by atoms with Crippen LogP contribution < -0.4 is 26.4 Å². The van der Waals surface area contributed by atoms with Crippen LogP contribution >= 0.6 is 0 Å². The van der Waals surface area contributed by atoms with E-state index in [1.807, 2.05) is 0 Å². The van der Waals surface area contributed by atoms with E-state index in [0.717, 1.165) is 6.54 Å². The fourth-order valence-corrected chi connectivity index (χ4v) is 2.95. The van der Waals surface area contributed by atoms with Crippen molar-refractivity contribution in [2.24, 2.45) is 5.73 Å². The molecule has 0 spiro atoms. The SMILES string of the molecule is NC1NCC2=c3ccccc3=Cc3ccccc3N21. The van der Waals surface area contributed by atoms with Crippen molar-refractivity contribution < 1.29 is 0 Å². The van der Waals surface area contributed by atoms with Crippen LogP contribution in [0.4, 0.5) is 5.69 Å². The molecule has 3 heteroatoms. The Balaban J connectivity index is 2.16. The summed E-state index contributed by atoms with van der Waals surface area (Å²) in [4.78, 5) is 2.21. The molecule has 94 valence electrons. The first-order valence-corrected chi connectivity index (χ1v) is 6.52. The van der Waals surface area contributed by atoms with Crippen LogP contribution in [0, 0.1) is 0 Å². The summed E-state index contributed by atoms with van der Waals surface area (Å²) in [5, 5.41) is 5.84. The molecule has 0 amide bonds. The number of hydrogen-bond donors (Lipinski definition) is 2. The Bertz CT molecular complexity index is 764. The van der Waals surface area contributed by atoms with Crippen molar-refractivity contribution in [2.75, 3.05) is 11.4 Å². The predicted molar refractivity (Wildman–Crippen MR) is 77.6 cm³/mol. The van der Waals surface area contributed by atoms with Crippen molar-refractivity contribution >= 4 is 17.5 Å². The van der Waals surface area contributed by atoms with Crippen LogP contribution in [0.5, 0.6) is 0 Å². The summed E-state index contributed by atoms with van der Waals surface area (Å²) < 4.78 is 0. The van der Waals surface area contributed by atoms with Crippen molar-refractivity contribution in [1.29, 1.82) is 0 Å². The molecule has 0 aromatic heterocycles. The Morgan fingerprint density at radius 2 is 1.84 bits per heavy atom. The molecule has 0 bridgehead atoms. The molecule has 0 aliphatic carbocycles. The average Bonchev–Trinajstić information content (AvgIpc) is 2.75. The fourth-order valence-electron chi connectivity index (χ4n) is 2.95. The van der Waals surface area contributed by atoms with Gasteiger partial charge in [0.2, 0.25) is 0 Å². The van der Waals surface area contributed by atoms with Gasteiger partial charge in [0.25, 0.3) is 0 Å². The van der Waals surface area contributed by atoms with Crippen LogP contribution in [0.15, 0.2) is 48.5 Å². The van der Waals surface area contributed by atoms with Gasteiger partial charge in [-0.05, 0) is 22.9 Å². The first-order valence-electron chi connectivity index (χ1n) is 6.52. The van der Waals surface area contributed by atoms with E-state index in [1.54, 1.807) is 0 Å². The average molecular weight is 249 g/mol. The van der Waals surface area contributed by atoms with E-state index < -0.39 is 0 Å². The van der Waals surface area contributed by atoms with Gasteiger partial charge in [0, 0.05) is 17.5 Å². The summed E-state index contributed by atoms with van der Waals surface area (Å²) in [6.45, 7) is 0.806. The lowest BCUT2D eigenvalue weighted by atomic mass is 10.1. The van der Waals surface area contributed by atoms with Gasteiger partial charge in [-0.3, -0.25) is 11.1 Å². The standard InChI is InChI=1S/C16H15N3/c17-16-18-10-15-13-7-3-1-5-11(13)9-12-6-2-4-8-14(12)19(15)16/h1-9,16,18H,10,17H2. The molecule has 2 aliphatic heterocycles. The number of nitrogens with zero attached hydrogens (tertiary/aromatic N) is 1. The Morgan fingerprint density at radius 3 is 2.79 bits per heavy atom. The molecule has 2 aromatic carbocycles. The topological polar surface area (TPSA) is 41.3 Å². The molecule has 3 nitrogen and oxygen atoms in total. The number of hydrogen-bond acceptors (Lipinski definition) is 3. The van der Waals surface area contributed by atoms with Gasteiger partial charge in [-0.25, -0.2) is 0 Å². The van der Waals surface area contributed by atoms with E-state index in [9.17, 15) is 0 Å². The molecule has 19 heavy (non-hydrogen) atoms. The van der Waals surface area contributed by atoms with E-state index in [2.05, 4.69) is 64.8 Å². The van der Waals surface area contributed by atoms with Crippen molar-refractivity contribution in [2.45, 2.75) is 6.29 Å². The molecule has 1 fully saturated rings. The number of rotatable bonds is 0. The van der Waals surface area contributed by atoms with Gasteiger partial charge in [0.05, 0.1) is 5.69 Å². The van der Waals surface area contributed by atoms with Crippen molar-refractivity contribution in [3.05, 3.63) is 64.5 Å². The molecule has 4 rings (SSSR count). The maximum atomic E-state index is 6.21. The zero-order valence-corrected chi connectivity index (χ0v) is 10.5. The van der Waals surface area contributed by atoms with Crippen LogP contribution in [-0.2, 0) is 0 Å². The number of nitrogens with one attached hydrogen (secondary N) is 1. The maximum Gasteiger partial charge on any atom is 0.136 e. The van der Waals surface area contributed by atoms with Gasteiger partial charge in [0.1, 0.15) is 6.29 Å². The number of fused-ring (bicyclic) bond motifs is 4. The van der Waals surface area contributed by atoms with Crippen molar-refractivity contribution in [3.8, 4) is 0 Å². The highest BCUT2D eigenvalue weighted by molar-refractivity contribution is 5.81. The Kier molecular flexibility index (Phi) is 2.24. The molecule has 3 N–H and O–H groups in total. The Morgan fingerprint density at radius 1 is 1.05 bits per heavy atom. The first-order chi connectivity index (χ1) is 9.34. The zero-order valence-electron chi connectivity index (χ0n) is 10.5. The molecule has 1 unspecified atom stereocenters. The number of para-hydroxylation sites is 1. The molecular weight excluding hydrogens is 234 g/mol.